The van der Waals surface area contributed by atoms with Crippen LogP contribution in [0.4, 0.5) is 0 Å². The van der Waals surface area contributed by atoms with Crippen LogP contribution in [0.5, 0.6) is 0 Å². The van der Waals surface area contributed by atoms with Gasteiger partial charge in [0, 0.05) is 12.7 Å². The van der Waals surface area contributed by atoms with Gasteiger partial charge in [-0.25, -0.2) is 4.68 Å². The summed E-state index contributed by atoms with van der Waals surface area (Å²) in [7, 11) is 3.91. The maximum Gasteiger partial charge on any atom is 0.164 e. The van der Waals surface area contributed by atoms with Gasteiger partial charge in [-0.2, -0.15) is 25.3 Å². The number of hydrogen-bond acceptors (Lipinski definition) is 8. The minimum Gasteiger partial charge on any atom is -0.308 e. The summed E-state index contributed by atoms with van der Waals surface area (Å²) in [5.41, 5.74) is 0.570. The summed E-state index contributed by atoms with van der Waals surface area (Å²) in [4.78, 5) is 17.9. The smallest absolute Gasteiger partial charge is 0.164 e. The lowest BCUT2D eigenvalue weighted by Crippen LogP contribution is -2.29. The molecule has 0 radical (unpaired) electrons. The van der Waals surface area contributed by atoms with Gasteiger partial charge in [-0.3, -0.25) is 4.98 Å². The highest BCUT2D eigenvalue weighted by atomic mass is 32.2. The Kier molecular flexibility index (Phi) is 5.54. The Hall–Kier alpha value is -1.45. The van der Waals surface area contributed by atoms with E-state index in [1.165, 1.54) is 0 Å². The van der Waals surface area contributed by atoms with Crippen LogP contribution in [0, 0.1) is 0 Å². The molecule has 2 aromatic rings. The molecule has 22 heavy (non-hydrogen) atoms. The first-order chi connectivity index (χ1) is 10.5. The summed E-state index contributed by atoms with van der Waals surface area (Å²) in [6, 6.07) is 5.38. The molecule has 2 rings (SSSR count). The third-order valence-electron chi connectivity index (χ3n) is 3.21. The molecule has 0 aliphatic rings. The number of hydrogen-bond donors (Lipinski definition) is 2. The number of aromatic nitrogens is 5. The highest BCUT2D eigenvalue weighted by Crippen LogP contribution is 2.43. The second kappa shape index (κ2) is 7.21. The quantitative estimate of drug-likeness (QED) is 0.438. The van der Waals surface area contributed by atoms with Crippen LogP contribution >= 0.6 is 25.3 Å². The van der Waals surface area contributed by atoms with Crippen LogP contribution in [-0.2, 0) is 15.4 Å². The van der Waals surface area contributed by atoms with Gasteiger partial charge < -0.3 is 9.69 Å². The lowest BCUT2D eigenvalue weighted by atomic mass is 10.0. The van der Waals surface area contributed by atoms with E-state index in [1.807, 2.05) is 25.1 Å². The van der Waals surface area contributed by atoms with E-state index in [0.29, 0.717) is 18.1 Å². The number of rotatable bonds is 7. The zero-order chi connectivity index (χ0) is 16.2. The van der Waals surface area contributed by atoms with E-state index in [-0.39, 0.29) is 0 Å². The molecule has 2 heterocycles. The Morgan fingerprint density at radius 1 is 1.41 bits per heavy atom. The molecule has 0 bridgehead atoms. The third-order valence-corrected chi connectivity index (χ3v) is 4.22. The number of thiol groups is 2. The molecular weight excluding hydrogens is 320 g/mol. The van der Waals surface area contributed by atoms with E-state index in [9.17, 15) is 4.79 Å². The first-order valence-corrected chi connectivity index (χ1v) is 7.58. The van der Waals surface area contributed by atoms with Crippen LogP contribution < -0.4 is 0 Å². The molecule has 118 valence electrons. The van der Waals surface area contributed by atoms with Crippen molar-refractivity contribution in [1.29, 1.82) is 0 Å². The molecule has 0 saturated heterocycles. The molecule has 0 aromatic carbocycles. The third kappa shape index (κ3) is 3.65. The van der Waals surface area contributed by atoms with Gasteiger partial charge in [-0.15, -0.1) is 5.10 Å². The molecule has 1 unspecified atom stereocenters. The first-order valence-electron chi connectivity index (χ1n) is 6.69. The molecule has 9 heteroatoms. The first kappa shape index (κ1) is 16.9. The number of carbonyl (C=O) groups excluding carboxylic acids is 1. The number of tetrazole rings is 1. The Labute approximate surface area is 139 Å². The van der Waals surface area contributed by atoms with Crippen LogP contribution in [0.3, 0.4) is 0 Å². The molecule has 0 amide bonds. The average Bonchev–Trinajstić information content (AvgIpc) is 2.95. The van der Waals surface area contributed by atoms with E-state index in [4.69, 9.17) is 0 Å². The fraction of sp³-hybridized carbons (Fsp3) is 0.462. The van der Waals surface area contributed by atoms with E-state index < -0.39 is 10.00 Å². The van der Waals surface area contributed by atoms with Crippen LogP contribution in [0.1, 0.15) is 17.4 Å². The largest absolute Gasteiger partial charge is 0.308 e. The van der Waals surface area contributed by atoms with Crippen LogP contribution in [0.2, 0.25) is 0 Å². The highest BCUT2D eigenvalue weighted by Gasteiger charge is 2.39. The van der Waals surface area contributed by atoms with Gasteiger partial charge in [-0.1, -0.05) is 6.07 Å². The summed E-state index contributed by atoms with van der Waals surface area (Å²) in [5.74, 6) is -0.307. The van der Waals surface area contributed by atoms with Gasteiger partial charge in [0.2, 0.25) is 0 Å². The Morgan fingerprint density at radius 3 is 2.77 bits per heavy atom. The lowest BCUT2D eigenvalue weighted by molar-refractivity contribution is -0.109. The monoisotopic (exact) mass is 338 g/mol. The molecule has 0 aliphatic carbocycles. The molecule has 7 nitrogen and oxygen atoms in total. The van der Waals surface area contributed by atoms with E-state index >= 15 is 0 Å². The summed E-state index contributed by atoms with van der Waals surface area (Å²) >= 11 is 9.09. The number of carbonyl (C=O) groups is 1. The summed E-state index contributed by atoms with van der Waals surface area (Å²) in [6.07, 6.45) is 2.39. The lowest BCUT2D eigenvalue weighted by Gasteiger charge is -2.27. The van der Waals surface area contributed by atoms with Gasteiger partial charge in [0.15, 0.2) is 5.82 Å². The SMILES string of the molecule is CN(C)CCn1nnnc1C(C=O)C(S)(S)c1ccccn1. The maximum absolute atomic E-state index is 11.7. The predicted molar refractivity (Wildman–Crippen MR) is 89.1 cm³/mol. The average molecular weight is 338 g/mol. The van der Waals surface area contributed by atoms with Gasteiger partial charge >= 0.3 is 0 Å². The van der Waals surface area contributed by atoms with Gasteiger partial charge in [0.25, 0.3) is 0 Å². The van der Waals surface area contributed by atoms with Gasteiger partial charge in [-0.05, 0) is 36.7 Å². The van der Waals surface area contributed by atoms with Crippen molar-refractivity contribution in [2.24, 2.45) is 0 Å². The standard InChI is InChI=1S/C13H18N6OS2/c1-18(2)7-8-19-12(15-16-17-19)10(9-20)13(21,22)11-5-3-4-6-14-11/h3-6,9-10,21-22H,7-8H2,1-2H3. The maximum atomic E-state index is 11.7. The Morgan fingerprint density at radius 2 is 2.18 bits per heavy atom. The van der Waals surface area contributed by atoms with Crippen molar-refractivity contribution in [3.05, 3.63) is 35.9 Å². The second-order valence-corrected chi connectivity index (χ2v) is 6.88. The minimum atomic E-state index is -1.10. The van der Waals surface area contributed by atoms with Crippen LogP contribution in [0.25, 0.3) is 0 Å². The summed E-state index contributed by atoms with van der Waals surface area (Å²) in [6.45, 7) is 1.32. The predicted octanol–water partition coefficient (Wildman–Crippen LogP) is 0.625. The Balaban J connectivity index is 2.32. The molecule has 0 fully saturated rings. The normalized spacial score (nSPS) is 13.3. The van der Waals surface area contributed by atoms with E-state index in [2.05, 4.69) is 45.8 Å². The molecule has 0 saturated carbocycles. The van der Waals surface area contributed by atoms with E-state index in [1.54, 1.807) is 23.0 Å². The highest BCUT2D eigenvalue weighted by molar-refractivity contribution is 7.99. The number of aldehydes is 1. The fourth-order valence-corrected chi connectivity index (χ4v) is 2.58. The van der Waals surface area contributed by atoms with Crippen LogP contribution in [0.15, 0.2) is 24.4 Å². The topological polar surface area (TPSA) is 76.8 Å². The number of pyridine rings is 1. The molecule has 2 aromatic heterocycles. The van der Waals surface area contributed by atoms with Gasteiger partial charge in [0.1, 0.15) is 16.3 Å². The Bertz CT molecular complexity index is 616. The van der Waals surface area contributed by atoms with Crippen LogP contribution in [-0.4, -0.2) is 57.0 Å². The second-order valence-electron chi connectivity index (χ2n) is 5.12. The number of likely N-dealkylation sites (N-methyl/N-ethyl adjacent to an activating group) is 1. The van der Waals surface area contributed by atoms with Gasteiger partial charge in [0.05, 0.1) is 12.2 Å². The molecular formula is C13H18N6OS2. The van der Waals surface area contributed by atoms with Crippen molar-refractivity contribution in [1.82, 2.24) is 30.1 Å². The zero-order valence-corrected chi connectivity index (χ0v) is 14.2. The zero-order valence-electron chi connectivity index (χ0n) is 12.4. The minimum absolute atomic E-state index is 0.424. The molecule has 0 spiro atoms. The number of nitrogens with zero attached hydrogens (tertiary/aromatic N) is 6. The molecule has 0 aliphatic heterocycles. The molecule has 1 atom stereocenters. The van der Waals surface area contributed by atoms with Crippen molar-refractivity contribution in [2.45, 2.75) is 16.5 Å². The summed E-state index contributed by atoms with van der Waals surface area (Å²) < 4.78 is 0.497. The fourth-order valence-electron chi connectivity index (χ4n) is 1.96. The summed E-state index contributed by atoms with van der Waals surface area (Å²) in [5, 5.41) is 11.6. The van der Waals surface area contributed by atoms with Crippen molar-refractivity contribution in [2.75, 3.05) is 20.6 Å². The van der Waals surface area contributed by atoms with Crippen molar-refractivity contribution < 1.29 is 4.79 Å². The molecule has 0 N–H and O–H groups in total. The van der Waals surface area contributed by atoms with Crippen molar-refractivity contribution in [3.8, 4) is 0 Å². The van der Waals surface area contributed by atoms with Crippen molar-refractivity contribution >= 4 is 31.5 Å². The van der Waals surface area contributed by atoms with Crippen molar-refractivity contribution in [3.63, 3.8) is 0 Å². The van der Waals surface area contributed by atoms with E-state index in [0.717, 1.165) is 12.8 Å².